The number of nitrogens with zero attached hydrogens (tertiary/aromatic N) is 2. The summed E-state index contributed by atoms with van der Waals surface area (Å²) in [5, 5.41) is 0. The molecule has 2 heterocycles. The van der Waals surface area contributed by atoms with Crippen molar-refractivity contribution in [1.29, 1.82) is 0 Å². The standard InChI is InChI=1S/C21H24N2O2S/c1-15-7-8-18-17(13-15)14-19(26-18)21(25)23-11-9-22(10-12-23)20(24)16-5-3-2-4-6-16/h2-6,14-15H,7-13H2,1H3/t15-/m1/s1. The first-order valence-corrected chi connectivity index (χ1v) is 10.2. The van der Waals surface area contributed by atoms with E-state index in [-0.39, 0.29) is 11.8 Å². The molecule has 1 saturated heterocycles. The number of hydrogen-bond acceptors (Lipinski definition) is 3. The summed E-state index contributed by atoms with van der Waals surface area (Å²) in [5.74, 6) is 0.898. The van der Waals surface area contributed by atoms with Gasteiger partial charge < -0.3 is 9.80 Å². The van der Waals surface area contributed by atoms with Crippen molar-refractivity contribution >= 4 is 23.2 Å². The highest BCUT2D eigenvalue weighted by molar-refractivity contribution is 7.14. The molecule has 1 aromatic heterocycles. The van der Waals surface area contributed by atoms with E-state index in [0.717, 1.165) is 17.7 Å². The number of piperazine rings is 1. The Labute approximate surface area is 158 Å². The third kappa shape index (κ3) is 3.40. The lowest BCUT2D eigenvalue weighted by atomic mass is 9.90. The third-order valence-electron chi connectivity index (χ3n) is 5.41. The molecule has 4 nitrogen and oxygen atoms in total. The number of fused-ring (bicyclic) bond motifs is 1. The molecule has 1 fully saturated rings. The molecule has 1 atom stereocenters. The Balaban J connectivity index is 1.39. The first kappa shape index (κ1) is 17.3. The first-order valence-electron chi connectivity index (χ1n) is 9.37. The number of amides is 2. The van der Waals surface area contributed by atoms with Crippen molar-refractivity contribution in [3.8, 4) is 0 Å². The second-order valence-electron chi connectivity index (χ2n) is 7.36. The molecule has 1 aromatic carbocycles. The molecule has 1 aliphatic carbocycles. The predicted molar refractivity (Wildman–Crippen MR) is 104 cm³/mol. The maximum atomic E-state index is 12.9. The minimum absolute atomic E-state index is 0.0540. The molecule has 136 valence electrons. The second kappa shape index (κ2) is 7.23. The van der Waals surface area contributed by atoms with E-state index >= 15 is 0 Å². The molecule has 2 aromatic rings. The van der Waals surface area contributed by atoms with Crippen LogP contribution in [0.15, 0.2) is 36.4 Å². The van der Waals surface area contributed by atoms with Gasteiger partial charge in [-0.1, -0.05) is 25.1 Å². The predicted octanol–water partition coefficient (Wildman–Crippen LogP) is 3.47. The fourth-order valence-corrected chi connectivity index (χ4v) is 5.02. The summed E-state index contributed by atoms with van der Waals surface area (Å²) < 4.78 is 0. The maximum Gasteiger partial charge on any atom is 0.264 e. The van der Waals surface area contributed by atoms with Crippen molar-refractivity contribution in [3.63, 3.8) is 0 Å². The molecule has 2 amide bonds. The fourth-order valence-electron chi connectivity index (χ4n) is 3.84. The van der Waals surface area contributed by atoms with Crippen LogP contribution in [0.2, 0.25) is 0 Å². The molecule has 4 rings (SSSR count). The number of aryl methyl sites for hydroxylation is 1. The van der Waals surface area contributed by atoms with Gasteiger partial charge in [-0.25, -0.2) is 0 Å². The van der Waals surface area contributed by atoms with Crippen LogP contribution in [0, 0.1) is 5.92 Å². The largest absolute Gasteiger partial charge is 0.335 e. The zero-order chi connectivity index (χ0) is 18.1. The lowest BCUT2D eigenvalue weighted by molar-refractivity contribution is 0.0538. The molecule has 0 radical (unpaired) electrons. The van der Waals surface area contributed by atoms with Gasteiger partial charge in [-0.05, 0) is 48.9 Å². The minimum Gasteiger partial charge on any atom is -0.335 e. The zero-order valence-electron chi connectivity index (χ0n) is 15.1. The average Bonchev–Trinajstić information content (AvgIpc) is 3.11. The number of benzene rings is 1. The fraction of sp³-hybridized carbons (Fsp3) is 0.429. The zero-order valence-corrected chi connectivity index (χ0v) is 15.9. The van der Waals surface area contributed by atoms with Crippen LogP contribution in [-0.4, -0.2) is 47.8 Å². The summed E-state index contributed by atoms with van der Waals surface area (Å²) >= 11 is 1.67. The van der Waals surface area contributed by atoms with E-state index in [1.54, 1.807) is 11.3 Å². The molecule has 0 spiro atoms. The molecule has 1 aliphatic heterocycles. The molecular formula is C21H24N2O2S. The van der Waals surface area contributed by atoms with Crippen molar-refractivity contribution in [2.24, 2.45) is 5.92 Å². The average molecular weight is 369 g/mol. The van der Waals surface area contributed by atoms with Gasteiger partial charge in [-0.3, -0.25) is 9.59 Å². The molecule has 0 saturated carbocycles. The van der Waals surface area contributed by atoms with Crippen LogP contribution < -0.4 is 0 Å². The molecular weight excluding hydrogens is 344 g/mol. The monoisotopic (exact) mass is 368 g/mol. The first-order chi connectivity index (χ1) is 12.6. The van der Waals surface area contributed by atoms with E-state index in [1.807, 2.05) is 40.1 Å². The Morgan fingerprint density at radius 2 is 1.65 bits per heavy atom. The lowest BCUT2D eigenvalue weighted by Crippen LogP contribution is -2.50. The van der Waals surface area contributed by atoms with E-state index in [0.29, 0.717) is 37.7 Å². The summed E-state index contributed by atoms with van der Waals surface area (Å²) in [5.41, 5.74) is 2.09. The molecule has 0 bridgehead atoms. The number of carbonyl (C=O) groups excluding carboxylic acids is 2. The SMILES string of the molecule is C[C@@H]1CCc2sc(C(=O)N3CCN(C(=O)c4ccccc4)CC3)cc2C1. The van der Waals surface area contributed by atoms with E-state index in [9.17, 15) is 9.59 Å². The lowest BCUT2D eigenvalue weighted by Gasteiger charge is -2.34. The topological polar surface area (TPSA) is 40.6 Å². The number of rotatable bonds is 2. The van der Waals surface area contributed by atoms with Crippen molar-refractivity contribution in [2.45, 2.75) is 26.2 Å². The van der Waals surface area contributed by atoms with Crippen molar-refractivity contribution in [1.82, 2.24) is 9.80 Å². The summed E-state index contributed by atoms with van der Waals surface area (Å²) in [7, 11) is 0. The third-order valence-corrected chi connectivity index (χ3v) is 6.64. The van der Waals surface area contributed by atoms with Gasteiger partial charge in [0.05, 0.1) is 4.88 Å². The number of thiophene rings is 1. The normalized spacial score (nSPS) is 20.0. The Bertz CT molecular complexity index is 807. The van der Waals surface area contributed by atoms with E-state index < -0.39 is 0 Å². The van der Waals surface area contributed by atoms with E-state index in [4.69, 9.17) is 0 Å². The van der Waals surface area contributed by atoms with Crippen molar-refractivity contribution < 1.29 is 9.59 Å². The maximum absolute atomic E-state index is 12.9. The van der Waals surface area contributed by atoms with Gasteiger partial charge >= 0.3 is 0 Å². The van der Waals surface area contributed by atoms with Gasteiger partial charge in [0.25, 0.3) is 11.8 Å². The summed E-state index contributed by atoms with van der Waals surface area (Å²) in [6, 6.07) is 11.5. The van der Waals surface area contributed by atoms with Crippen molar-refractivity contribution in [3.05, 3.63) is 57.3 Å². The minimum atomic E-state index is 0.0540. The number of hydrogen-bond donors (Lipinski definition) is 0. The second-order valence-corrected chi connectivity index (χ2v) is 8.49. The highest BCUT2D eigenvalue weighted by atomic mass is 32.1. The van der Waals surface area contributed by atoms with Crippen LogP contribution in [0.1, 0.15) is 43.8 Å². The smallest absolute Gasteiger partial charge is 0.264 e. The Morgan fingerprint density at radius 1 is 1.00 bits per heavy atom. The summed E-state index contributed by atoms with van der Waals surface area (Å²) in [6.45, 7) is 4.70. The van der Waals surface area contributed by atoms with Crippen LogP contribution in [0.4, 0.5) is 0 Å². The van der Waals surface area contributed by atoms with Crippen LogP contribution in [0.25, 0.3) is 0 Å². The van der Waals surface area contributed by atoms with Crippen LogP contribution in [0.3, 0.4) is 0 Å². The Morgan fingerprint density at radius 3 is 2.35 bits per heavy atom. The Hall–Kier alpha value is -2.14. The van der Waals surface area contributed by atoms with Crippen LogP contribution in [0.5, 0.6) is 0 Å². The molecule has 0 unspecified atom stereocenters. The van der Waals surface area contributed by atoms with Gasteiger partial charge in [0.2, 0.25) is 0 Å². The van der Waals surface area contributed by atoms with Gasteiger partial charge in [0.1, 0.15) is 0 Å². The van der Waals surface area contributed by atoms with Crippen LogP contribution in [-0.2, 0) is 12.8 Å². The molecule has 0 N–H and O–H groups in total. The van der Waals surface area contributed by atoms with E-state index in [2.05, 4.69) is 13.0 Å². The summed E-state index contributed by atoms with van der Waals surface area (Å²) in [4.78, 5) is 31.4. The highest BCUT2D eigenvalue weighted by Crippen LogP contribution is 2.32. The van der Waals surface area contributed by atoms with Gasteiger partial charge in [0, 0.05) is 36.6 Å². The highest BCUT2D eigenvalue weighted by Gasteiger charge is 2.28. The molecule has 2 aliphatic rings. The van der Waals surface area contributed by atoms with Gasteiger partial charge in [-0.15, -0.1) is 11.3 Å². The Kier molecular flexibility index (Phi) is 4.81. The van der Waals surface area contributed by atoms with Crippen molar-refractivity contribution in [2.75, 3.05) is 26.2 Å². The van der Waals surface area contributed by atoms with Gasteiger partial charge in [0.15, 0.2) is 0 Å². The quantitative estimate of drug-likeness (QED) is 0.814. The van der Waals surface area contributed by atoms with Crippen LogP contribution >= 0.6 is 11.3 Å². The molecule has 26 heavy (non-hydrogen) atoms. The summed E-state index contributed by atoms with van der Waals surface area (Å²) in [6.07, 6.45) is 3.42. The van der Waals surface area contributed by atoms with E-state index in [1.165, 1.54) is 16.9 Å². The van der Waals surface area contributed by atoms with Gasteiger partial charge in [-0.2, -0.15) is 0 Å². The number of carbonyl (C=O) groups is 2. The molecule has 5 heteroatoms.